The number of nitriles is 1. The molecule has 86 valence electrons. The van der Waals surface area contributed by atoms with E-state index in [9.17, 15) is 10.2 Å². The smallest absolute Gasteiger partial charge is 0.213 e. The summed E-state index contributed by atoms with van der Waals surface area (Å²) >= 11 is 0. The predicted octanol–water partition coefficient (Wildman–Crippen LogP) is 0.707. The zero-order valence-electron chi connectivity index (χ0n) is 9.21. The Hall–Kier alpha value is -1.64. The van der Waals surface area contributed by atoms with Crippen molar-refractivity contribution in [2.45, 2.75) is 25.6 Å². The van der Waals surface area contributed by atoms with Crippen molar-refractivity contribution in [3.05, 3.63) is 23.4 Å². The molecule has 0 aliphatic carbocycles. The van der Waals surface area contributed by atoms with Crippen molar-refractivity contribution in [1.82, 2.24) is 4.98 Å². The number of rotatable bonds is 4. The van der Waals surface area contributed by atoms with Crippen LogP contribution >= 0.6 is 0 Å². The number of pyridine rings is 1. The second-order valence-electron chi connectivity index (χ2n) is 3.40. The lowest BCUT2D eigenvalue weighted by molar-refractivity contribution is 0.0209. The van der Waals surface area contributed by atoms with E-state index in [1.807, 2.05) is 0 Å². The van der Waals surface area contributed by atoms with Crippen molar-refractivity contribution in [1.29, 1.82) is 5.26 Å². The van der Waals surface area contributed by atoms with Crippen molar-refractivity contribution in [3.8, 4) is 11.9 Å². The quantitative estimate of drug-likeness (QED) is 0.783. The summed E-state index contributed by atoms with van der Waals surface area (Å²) in [5.74, 6) is 0.447. The summed E-state index contributed by atoms with van der Waals surface area (Å²) in [7, 11) is 1.50. The Kier molecular flexibility index (Phi) is 4.23. The van der Waals surface area contributed by atoms with E-state index in [2.05, 4.69) is 4.98 Å². The topological polar surface area (TPSA) is 86.4 Å². The summed E-state index contributed by atoms with van der Waals surface area (Å²) < 4.78 is 4.93. The molecule has 1 heterocycles. The number of ether oxygens (including phenoxy) is 1. The Morgan fingerprint density at radius 2 is 2.19 bits per heavy atom. The summed E-state index contributed by atoms with van der Waals surface area (Å²) in [6, 6.07) is 5.04. The number of nitrogens with zero attached hydrogens (tertiary/aromatic N) is 2. The minimum Gasteiger partial charge on any atom is -0.481 e. The molecule has 2 atom stereocenters. The number of aromatic nitrogens is 1. The molecule has 0 aliphatic rings. The number of aryl methyl sites for hydroxylation is 1. The average molecular weight is 222 g/mol. The van der Waals surface area contributed by atoms with Crippen LogP contribution in [0.25, 0.3) is 0 Å². The highest BCUT2D eigenvalue weighted by Crippen LogP contribution is 2.23. The van der Waals surface area contributed by atoms with Gasteiger partial charge in [0.1, 0.15) is 6.10 Å². The minimum absolute atomic E-state index is 0.118. The molecule has 1 aromatic heterocycles. The van der Waals surface area contributed by atoms with Crippen LogP contribution < -0.4 is 4.74 Å². The van der Waals surface area contributed by atoms with E-state index >= 15 is 0 Å². The fourth-order valence-electron chi connectivity index (χ4n) is 1.39. The van der Waals surface area contributed by atoms with Gasteiger partial charge < -0.3 is 14.9 Å². The molecule has 0 saturated carbocycles. The van der Waals surface area contributed by atoms with Crippen LogP contribution in [-0.4, -0.2) is 28.4 Å². The highest BCUT2D eigenvalue weighted by atomic mass is 16.5. The second kappa shape index (κ2) is 5.45. The molecule has 0 aliphatic heterocycles. The van der Waals surface area contributed by atoms with Crippen molar-refractivity contribution < 1.29 is 14.9 Å². The maximum atomic E-state index is 9.78. The van der Waals surface area contributed by atoms with E-state index in [4.69, 9.17) is 10.00 Å². The van der Waals surface area contributed by atoms with Gasteiger partial charge in [0.25, 0.3) is 0 Å². The number of methoxy groups -OCH3 is 1. The summed E-state index contributed by atoms with van der Waals surface area (Å²) in [5, 5.41) is 27.7. The molecule has 1 rings (SSSR count). The average Bonchev–Trinajstić information content (AvgIpc) is 2.28. The lowest BCUT2D eigenvalue weighted by Crippen LogP contribution is -2.18. The van der Waals surface area contributed by atoms with Crippen LogP contribution in [0.1, 0.15) is 23.8 Å². The van der Waals surface area contributed by atoms with Gasteiger partial charge in [-0.25, -0.2) is 4.98 Å². The van der Waals surface area contributed by atoms with Gasteiger partial charge in [-0.1, -0.05) is 0 Å². The predicted molar refractivity (Wildman–Crippen MR) is 56.7 cm³/mol. The number of aliphatic hydroxyl groups is 2. The Morgan fingerprint density at radius 1 is 1.50 bits per heavy atom. The maximum absolute atomic E-state index is 9.78. The molecule has 1 aromatic rings. The molecule has 5 nitrogen and oxygen atoms in total. The minimum atomic E-state index is -1.10. The fourth-order valence-corrected chi connectivity index (χ4v) is 1.39. The van der Waals surface area contributed by atoms with Crippen molar-refractivity contribution in [3.63, 3.8) is 0 Å². The van der Waals surface area contributed by atoms with E-state index in [0.29, 0.717) is 17.1 Å². The van der Waals surface area contributed by atoms with E-state index in [0.717, 1.165) is 0 Å². The van der Waals surface area contributed by atoms with Crippen LogP contribution in [0, 0.1) is 18.3 Å². The van der Waals surface area contributed by atoms with E-state index < -0.39 is 12.2 Å². The van der Waals surface area contributed by atoms with Gasteiger partial charge in [-0.05, 0) is 13.0 Å². The molecule has 0 aromatic carbocycles. The highest BCUT2D eigenvalue weighted by molar-refractivity contribution is 5.27. The number of hydrogen-bond donors (Lipinski definition) is 2. The first-order valence-corrected chi connectivity index (χ1v) is 4.84. The molecule has 0 radical (unpaired) electrons. The summed E-state index contributed by atoms with van der Waals surface area (Å²) in [6.45, 7) is 1.71. The van der Waals surface area contributed by atoms with Crippen molar-refractivity contribution >= 4 is 0 Å². The van der Waals surface area contributed by atoms with Gasteiger partial charge in [-0.2, -0.15) is 5.26 Å². The lowest BCUT2D eigenvalue weighted by Gasteiger charge is -2.17. The van der Waals surface area contributed by atoms with Gasteiger partial charge in [0.15, 0.2) is 0 Å². The Labute approximate surface area is 93.9 Å². The monoisotopic (exact) mass is 222 g/mol. The maximum Gasteiger partial charge on any atom is 0.213 e. The normalized spacial score (nSPS) is 13.9. The standard InChI is InChI=1S/C11H14N2O3/c1-7-8(3-4-10(13-7)16-2)11(15)9(14)5-6-12/h3-4,9,11,14-15H,5H2,1-2H3. The molecule has 5 heteroatoms. The number of aliphatic hydroxyl groups excluding tert-OH is 2. The Bertz CT molecular complexity index is 401. The molecule has 0 spiro atoms. The number of hydrogen-bond acceptors (Lipinski definition) is 5. The SMILES string of the molecule is COc1ccc(C(O)C(O)CC#N)c(C)n1. The molecule has 0 amide bonds. The summed E-state index contributed by atoms with van der Waals surface area (Å²) in [5.41, 5.74) is 1.08. The van der Waals surface area contributed by atoms with E-state index in [1.165, 1.54) is 7.11 Å². The zero-order valence-corrected chi connectivity index (χ0v) is 9.21. The van der Waals surface area contributed by atoms with Crippen LogP contribution in [0.15, 0.2) is 12.1 Å². The Morgan fingerprint density at radius 3 is 2.69 bits per heavy atom. The molecule has 0 bridgehead atoms. The molecule has 0 saturated heterocycles. The molecule has 2 N–H and O–H groups in total. The third kappa shape index (κ3) is 2.69. The van der Waals surface area contributed by atoms with Gasteiger partial charge in [-0.15, -0.1) is 0 Å². The van der Waals surface area contributed by atoms with Crippen molar-refractivity contribution in [2.24, 2.45) is 0 Å². The summed E-state index contributed by atoms with van der Waals surface area (Å²) in [6.07, 6.45) is -2.32. The molecular formula is C11H14N2O3. The van der Waals surface area contributed by atoms with Crippen molar-refractivity contribution in [2.75, 3.05) is 7.11 Å². The van der Waals surface area contributed by atoms with Crippen LogP contribution in [0.2, 0.25) is 0 Å². The molecule has 2 unspecified atom stereocenters. The van der Waals surface area contributed by atoms with Gasteiger partial charge in [0.2, 0.25) is 5.88 Å². The van der Waals surface area contributed by atoms with Gasteiger partial charge in [0.05, 0.1) is 25.7 Å². The zero-order chi connectivity index (χ0) is 12.1. The largest absolute Gasteiger partial charge is 0.481 e. The third-order valence-corrected chi connectivity index (χ3v) is 2.29. The lowest BCUT2D eigenvalue weighted by atomic mass is 10.0. The Balaban J connectivity index is 2.92. The first-order valence-electron chi connectivity index (χ1n) is 4.84. The molecule has 0 fully saturated rings. The van der Waals surface area contributed by atoms with E-state index in [1.54, 1.807) is 25.1 Å². The molecule has 16 heavy (non-hydrogen) atoms. The van der Waals surface area contributed by atoms with Gasteiger partial charge in [0, 0.05) is 17.3 Å². The van der Waals surface area contributed by atoms with Gasteiger partial charge >= 0.3 is 0 Å². The first-order chi connectivity index (χ1) is 7.60. The summed E-state index contributed by atoms with van der Waals surface area (Å²) in [4.78, 5) is 4.08. The van der Waals surface area contributed by atoms with Crippen LogP contribution in [-0.2, 0) is 0 Å². The highest BCUT2D eigenvalue weighted by Gasteiger charge is 2.20. The van der Waals surface area contributed by atoms with Crippen LogP contribution in [0.3, 0.4) is 0 Å². The third-order valence-electron chi connectivity index (χ3n) is 2.29. The fraction of sp³-hybridized carbons (Fsp3) is 0.455. The van der Waals surface area contributed by atoms with Gasteiger partial charge in [-0.3, -0.25) is 0 Å². The van der Waals surface area contributed by atoms with Crippen LogP contribution in [0.4, 0.5) is 0 Å². The first kappa shape index (κ1) is 12.4. The molecular weight excluding hydrogens is 208 g/mol. The van der Waals surface area contributed by atoms with Crippen LogP contribution in [0.5, 0.6) is 5.88 Å². The second-order valence-corrected chi connectivity index (χ2v) is 3.40. The van der Waals surface area contributed by atoms with E-state index in [-0.39, 0.29) is 6.42 Å².